The minimum absolute atomic E-state index is 0.227. The second-order valence-electron chi connectivity index (χ2n) is 12.7. The summed E-state index contributed by atoms with van der Waals surface area (Å²) in [5, 5.41) is 4.85. The van der Waals surface area contributed by atoms with E-state index in [1.165, 1.54) is 44.3 Å². The van der Waals surface area contributed by atoms with Gasteiger partial charge in [0.1, 0.15) is 5.60 Å². The predicted octanol–water partition coefficient (Wildman–Crippen LogP) is 6.88. The van der Waals surface area contributed by atoms with Crippen molar-refractivity contribution in [1.82, 2.24) is 14.8 Å². The lowest BCUT2D eigenvalue weighted by Crippen LogP contribution is -2.44. The zero-order chi connectivity index (χ0) is 28.8. The second-order valence-corrected chi connectivity index (χ2v) is 12.7. The van der Waals surface area contributed by atoms with E-state index < -0.39 is 5.60 Å². The number of hydrogen-bond donors (Lipinski definition) is 1. The normalized spacial score (nSPS) is 18.8. The third kappa shape index (κ3) is 7.85. The molecule has 3 heterocycles. The van der Waals surface area contributed by atoms with E-state index in [9.17, 15) is 4.79 Å². The van der Waals surface area contributed by atoms with Crippen LogP contribution < -0.4 is 14.8 Å². The number of fused-ring (bicyclic) bond motifs is 1. The molecular formula is C33H48N4O4. The van der Waals surface area contributed by atoms with Crippen LogP contribution in [0.4, 0.5) is 10.5 Å². The summed E-state index contributed by atoms with van der Waals surface area (Å²) in [7, 11) is 1.70. The molecule has 1 aromatic carbocycles. The van der Waals surface area contributed by atoms with Gasteiger partial charge < -0.3 is 29.3 Å². The van der Waals surface area contributed by atoms with Gasteiger partial charge in [0.2, 0.25) is 0 Å². The van der Waals surface area contributed by atoms with E-state index in [2.05, 4.69) is 28.4 Å². The molecule has 0 saturated carbocycles. The summed E-state index contributed by atoms with van der Waals surface area (Å²) >= 11 is 0. The Kier molecular flexibility index (Phi) is 9.58. The third-order valence-electron chi connectivity index (χ3n) is 8.30. The number of hydrogen-bond acceptors (Lipinski definition) is 7. The molecule has 8 nitrogen and oxygen atoms in total. The number of rotatable bonds is 9. The van der Waals surface area contributed by atoms with Gasteiger partial charge in [0, 0.05) is 42.8 Å². The van der Waals surface area contributed by atoms with Crippen LogP contribution in [0.15, 0.2) is 24.3 Å². The summed E-state index contributed by atoms with van der Waals surface area (Å²) in [4.78, 5) is 22.0. The number of nitrogens with one attached hydrogen (secondary N) is 1. The second kappa shape index (κ2) is 13.3. The van der Waals surface area contributed by atoms with Crippen molar-refractivity contribution in [3.05, 3.63) is 30.0 Å². The number of benzene rings is 1. The minimum Gasteiger partial charge on any atom is -0.493 e. The summed E-state index contributed by atoms with van der Waals surface area (Å²) in [6, 6.07) is 6.57. The number of amides is 1. The van der Waals surface area contributed by atoms with Crippen molar-refractivity contribution in [1.29, 1.82) is 0 Å². The molecule has 8 heteroatoms. The Hall–Kier alpha value is -3.00. The maximum absolute atomic E-state index is 12.6. The van der Waals surface area contributed by atoms with E-state index in [1.54, 1.807) is 7.11 Å². The Labute approximate surface area is 245 Å². The van der Waals surface area contributed by atoms with Crippen LogP contribution in [0.1, 0.15) is 84.3 Å². The molecule has 0 unspecified atom stereocenters. The molecule has 2 saturated heterocycles. The van der Waals surface area contributed by atoms with Crippen LogP contribution in [0, 0.1) is 0 Å². The molecule has 41 heavy (non-hydrogen) atoms. The number of ether oxygens (including phenoxy) is 3. The van der Waals surface area contributed by atoms with Crippen molar-refractivity contribution in [2.24, 2.45) is 0 Å². The van der Waals surface area contributed by atoms with E-state index in [-0.39, 0.29) is 12.1 Å². The molecule has 0 radical (unpaired) electrons. The highest BCUT2D eigenvalue weighted by Gasteiger charge is 2.27. The highest BCUT2D eigenvalue weighted by molar-refractivity contribution is 5.95. The van der Waals surface area contributed by atoms with Gasteiger partial charge in [-0.15, -0.1) is 0 Å². The standard InChI is InChI=1S/C33H48N4O4/c1-33(2,3)41-32(38)37-18-13-25(14-19-37)34-28-22-27(24-11-6-5-7-12-24)35-29-23-31(30(39-4)21-26(28)29)40-20-10-17-36-15-8-9-16-36/h11,21-23,25H,5-10,12-20H2,1-4H3,(H,34,35). The largest absolute Gasteiger partial charge is 0.493 e. The Morgan fingerprint density at radius 2 is 1.80 bits per heavy atom. The van der Waals surface area contributed by atoms with Crippen LogP contribution in [0.25, 0.3) is 16.5 Å². The van der Waals surface area contributed by atoms with Crippen molar-refractivity contribution >= 4 is 28.3 Å². The number of aromatic nitrogens is 1. The third-order valence-corrected chi connectivity index (χ3v) is 8.30. The van der Waals surface area contributed by atoms with Crippen LogP contribution in [-0.2, 0) is 4.74 Å². The average molecular weight is 565 g/mol. The van der Waals surface area contributed by atoms with Gasteiger partial charge in [0.25, 0.3) is 0 Å². The van der Waals surface area contributed by atoms with Gasteiger partial charge in [-0.1, -0.05) is 6.08 Å². The van der Waals surface area contributed by atoms with Gasteiger partial charge in [-0.25, -0.2) is 9.78 Å². The number of carbonyl (C=O) groups excluding carboxylic acids is 1. The van der Waals surface area contributed by atoms with Crippen molar-refractivity contribution in [2.45, 2.75) is 90.2 Å². The fourth-order valence-electron chi connectivity index (χ4n) is 6.09. The summed E-state index contributed by atoms with van der Waals surface area (Å²) < 4.78 is 17.7. The highest BCUT2D eigenvalue weighted by atomic mass is 16.6. The van der Waals surface area contributed by atoms with Gasteiger partial charge in [-0.3, -0.25) is 0 Å². The van der Waals surface area contributed by atoms with Crippen LogP contribution >= 0.6 is 0 Å². The number of methoxy groups -OCH3 is 1. The van der Waals surface area contributed by atoms with E-state index in [0.717, 1.165) is 72.4 Å². The molecule has 0 atom stereocenters. The molecule has 0 bridgehead atoms. The van der Waals surface area contributed by atoms with Gasteiger partial charge >= 0.3 is 6.09 Å². The van der Waals surface area contributed by atoms with E-state index in [0.29, 0.717) is 19.7 Å². The smallest absolute Gasteiger partial charge is 0.410 e. The molecule has 2 aliphatic heterocycles. The predicted molar refractivity (Wildman–Crippen MR) is 165 cm³/mol. The van der Waals surface area contributed by atoms with Gasteiger partial charge in [0.05, 0.1) is 24.9 Å². The highest BCUT2D eigenvalue weighted by Crippen LogP contribution is 2.38. The molecule has 1 amide bonds. The molecule has 0 spiro atoms. The Morgan fingerprint density at radius 1 is 1.02 bits per heavy atom. The quantitative estimate of drug-likeness (QED) is 0.333. The van der Waals surface area contributed by atoms with Gasteiger partial charge in [-0.2, -0.15) is 0 Å². The first-order chi connectivity index (χ1) is 19.8. The monoisotopic (exact) mass is 564 g/mol. The van der Waals surface area contributed by atoms with Crippen LogP contribution in [0.2, 0.25) is 0 Å². The van der Waals surface area contributed by atoms with Crippen molar-refractivity contribution < 1.29 is 19.0 Å². The van der Waals surface area contributed by atoms with Crippen LogP contribution in [0.5, 0.6) is 11.5 Å². The Bertz CT molecular complexity index is 1220. The Balaban J connectivity index is 1.34. The number of anilines is 1. The number of pyridine rings is 1. The zero-order valence-corrected chi connectivity index (χ0v) is 25.5. The van der Waals surface area contributed by atoms with Crippen LogP contribution in [0.3, 0.4) is 0 Å². The number of piperidine rings is 1. The van der Waals surface area contributed by atoms with Crippen molar-refractivity contribution in [3.63, 3.8) is 0 Å². The van der Waals surface area contributed by atoms with Crippen LogP contribution in [-0.4, -0.2) is 79.0 Å². The number of nitrogens with zero attached hydrogens (tertiary/aromatic N) is 3. The summed E-state index contributed by atoms with van der Waals surface area (Å²) in [5.74, 6) is 1.48. The average Bonchev–Trinajstić information content (AvgIpc) is 3.48. The first-order valence-corrected chi connectivity index (χ1v) is 15.6. The fraction of sp³-hybridized carbons (Fsp3) is 0.636. The topological polar surface area (TPSA) is 76.2 Å². The lowest BCUT2D eigenvalue weighted by Gasteiger charge is -2.34. The molecule has 1 aliphatic carbocycles. The summed E-state index contributed by atoms with van der Waals surface area (Å²) in [5.41, 5.74) is 3.85. The lowest BCUT2D eigenvalue weighted by atomic mass is 9.95. The zero-order valence-electron chi connectivity index (χ0n) is 25.5. The number of allylic oxidation sites excluding steroid dienone is 2. The van der Waals surface area contributed by atoms with Crippen molar-refractivity contribution in [2.75, 3.05) is 51.8 Å². The molecular weight excluding hydrogens is 516 g/mol. The Morgan fingerprint density at radius 3 is 2.49 bits per heavy atom. The number of carbonyl (C=O) groups is 1. The number of likely N-dealkylation sites (tertiary alicyclic amines) is 2. The van der Waals surface area contributed by atoms with E-state index >= 15 is 0 Å². The lowest BCUT2D eigenvalue weighted by molar-refractivity contribution is 0.0210. The molecule has 224 valence electrons. The van der Waals surface area contributed by atoms with Crippen molar-refractivity contribution in [3.8, 4) is 11.5 Å². The molecule has 2 fully saturated rings. The fourth-order valence-corrected chi connectivity index (χ4v) is 6.09. The van der Waals surface area contributed by atoms with Gasteiger partial charge in [-0.05, 0) is 109 Å². The first-order valence-electron chi connectivity index (χ1n) is 15.6. The molecule has 3 aliphatic rings. The molecule has 5 rings (SSSR count). The molecule has 2 aromatic rings. The molecule has 1 aromatic heterocycles. The molecule has 1 N–H and O–H groups in total. The first kappa shape index (κ1) is 29.5. The maximum atomic E-state index is 12.6. The summed E-state index contributed by atoms with van der Waals surface area (Å²) in [6.07, 6.45) is 12.1. The SMILES string of the molecule is COc1cc2c(NC3CCN(C(=O)OC(C)(C)C)CC3)cc(C3=CCCCC3)nc2cc1OCCCN1CCCC1. The van der Waals surface area contributed by atoms with E-state index in [4.69, 9.17) is 19.2 Å². The van der Waals surface area contributed by atoms with Gasteiger partial charge in [0.15, 0.2) is 11.5 Å². The maximum Gasteiger partial charge on any atom is 0.410 e. The minimum atomic E-state index is -0.484. The summed E-state index contributed by atoms with van der Waals surface area (Å²) in [6.45, 7) is 11.2. The van der Waals surface area contributed by atoms with E-state index in [1.807, 2.05) is 31.7 Å².